The van der Waals surface area contributed by atoms with Gasteiger partial charge in [0.2, 0.25) is 0 Å². The van der Waals surface area contributed by atoms with Gasteiger partial charge in [0.05, 0.1) is 10.0 Å². The van der Waals surface area contributed by atoms with Crippen LogP contribution in [-0.4, -0.2) is 9.97 Å². The normalized spacial score (nSPS) is 11.7. The number of pyridine rings is 1. The highest BCUT2D eigenvalue weighted by Gasteiger charge is 2.32. The molecule has 4 nitrogen and oxygen atoms in total. The minimum atomic E-state index is -4.45. The quantitative estimate of drug-likeness (QED) is 0.355. The highest BCUT2D eigenvalue weighted by molar-refractivity contribution is 9.10. The van der Waals surface area contributed by atoms with Crippen LogP contribution in [0.25, 0.3) is 11.1 Å². The number of fused-ring (bicyclic) bond motifs is 1. The van der Waals surface area contributed by atoms with E-state index in [1.807, 2.05) is 36.4 Å². The van der Waals surface area contributed by atoms with Gasteiger partial charge in [-0.25, -0.2) is 0 Å². The van der Waals surface area contributed by atoms with Crippen molar-refractivity contribution < 1.29 is 17.6 Å². The number of alkyl halides is 3. The summed E-state index contributed by atoms with van der Waals surface area (Å²) in [5, 5.41) is 2.97. The van der Waals surface area contributed by atoms with Crippen molar-refractivity contribution in [2.24, 2.45) is 0 Å². The Labute approximate surface area is 170 Å². The van der Waals surface area contributed by atoms with Crippen molar-refractivity contribution in [2.45, 2.75) is 16.0 Å². The van der Waals surface area contributed by atoms with E-state index in [4.69, 9.17) is 4.42 Å². The number of aromatic nitrogens is 2. The van der Waals surface area contributed by atoms with Gasteiger partial charge in [0.25, 0.3) is 6.01 Å². The number of rotatable bonds is 4. The molecule has 2 aromatic heterocycles. The molecule has 4 rings (SSSR count). The number of nitrogens with one attached hydrogen (secondary N) is 1. The van der Waals surface area contributed by atoms with Gasteiger partial charge < -0.3 is 9.73 Å². The van der Waals surface area contributed by atoms with Gasteiger partial charge in [0.1, 0.15) is 5.52 Å². The molecule has 9 heteroatoms. The average Bonchev–Trinajstić information content (AvgIpc) is 3.07. The molecule has 0 bridgehead atoms. The van der Waals surface area contributed by atoms with Crippen molar-refractivity contribution in [1.82, 2.24) is 9.97 Å². The molecular formula is C19H11BrF3N3OS. The maximum Gasteiger partial charge on any atom is 0.416 e. The van der Waals surface area contributed by atoms with Crippen LogP contribution >= 0.6 is 27.7 Å². The summed E-state index contributed by atoms with van der Waals surface area (Å²) in [4.78, 5) is 10.2. The molecule has 0 aliphatic carbocycles. The maximum absolute atomic E-state index is 12.9. The molecule has 0 aliphatic heterocycles. The zero-order valence-electron chi connectivity index (χ0n) is 14.0. The number of benzene rings is 2. The summed E-state index contributed by atoms with van der Waals surface area (Å²) in [7, 11) is 0. The molecule has 28 heavy (non-hydrogen) atoms. The number of hydrogen-bond acceptors (Lipinski definition) is 5. The van der Waals surface area contributed by atoms with Crippen LogP contribution in [0.5, 0.6) is 0 Å². The van der Waals surface area contributed by atoms with Crippen LogP contribution < -0.4 is 5.32 Å². The van der Waals surface area contributed by atoms with E-state index in [1.54, 1.807) is 24.2 Å². The lowest BCUT2D eigenvalue weighted by Gasteiger charge is -2.06. The van der Waals surface area contributed by atoms with Crippen LogP contribution in [0.2, 0.25) is 0 Å². The number of nitrogens with zero attached hydrogens (tertiary/aromatic N) is 2. The standard InChI is InChI=1S/C19H11BrF3N3OS/c20-15-9-11(19(21,22)23)10-16-17(15)27-18(26-16)25-12-1-3-13(4-2-12)28-14-5-7-24-8-6-14/h1-10H,(H,25,26). The highest BCUT2D eigenvalue weighted by atomic mass is 79.9. The van der Waals surface area contributed by atoms with Gasteiger partial charge in [-0.3, -0.25) is 4.98 Å². The van der Waals surface area contributed by atoms with Crippen molar-refractivity contribution in [3.8, 4) is 0 Å². The molecule has 0 amide bonds. The fourth-order valence-electron chi connectivity index (χ4n) is 2.48. The first-order chi connectivity index (χ1) is 13.4. The van der Waals surface area contributed by atoms with Crippen LogP contribution in [0.1, 0.15) is 5.56 Å². The summed E-state index contributed by atoms with van der Waals surface area (Å²) in [6.45, 7) is 0. The number of oxazole rings is 1. The van der Waals surface area contributed by atoms with Gasteiger partial charge in [-0.15, -0.1) is 0 Å². The van der Waals surface area contributed by atoms with Crippen LogP contribution in [0.4, 0.5) is 24.9 Å². The van der Waals surface area contributed by atoms with E-state index in [9.17, 15) is 13.2 Å². The van der Waals surface area contributed by atoms with Gasteiger partial charge in [-0.05, 0) is 64.5 Å². The lowest BCUT2D eigenvalue weighted by molar-refractivity contribution is -0.137. The summed E-state index contributed by atoms with van der Waals surface area (Å²) in [6, 6.07) is 13.4. The molecule has 2 aromatic carbocycles. The third-order valence-corrected chi connectivity index (χ3v) is 5.37. The second-order valence-corrected chi connectivity index (χ2v) is 7.76. The molecule has 0 saturated carbocycles. The summed E-state index contributed by atoms with van der Waals surface area (Å²) < 4.78 is 44.6. The second kappa shape index (κ2) is 7.48. The van der Waals surface area contributed by atoms with Crippen LogP contribution in [0.3, 0.4) is 0 Å². The molecule has 0 atom stereocenters. The van der Waals surface area contributed by atoms with E-state index in [1.165, 1.54) is 0 Å². The largest absolute Gasteiger partial charge is 0.422 e. The van der Waals surface area contributed by atoms with Gasteiger partial charge in [-0.2, -0.15) is 18.2 Å². The van der Waals surface area contributed by atoms with Crippen molar-refractivity contribution in [3.05, 3.63) is 71.0 Å². The lowest BCUT2D eigenvalue weighted by Crippen LogP contribution is -2.04. The molecule has 0 aliphatic rings. The number of anilines is 2. The Kier molecular flexibility index (Phi) is 5.03. The third-order valence-electron chi connectivity index (χ3n) is 3.76. The van der Waals surface area contributed by atoms with E-state index in [0.29, 0.717) is 5.69 Å². The smallest absolute Gasteiger partial charge is 0.416 e. The SMILES string of the molecule is FC(F)(F)c1cc(Br)c2oc(Nc3ccc(Sc4ccncc4)cc3)nc2c1. The molecule has 0 unspecified atom stereocenters. The molecule has 0 radical (unpaired) electrons. The van der Waals surface area contributed by atoms with Gasteiger partial charge in [-0.1, -0.05) is 11.8 Å². The zero-order valence-corrected chi connectivity index (χ0v) is 16.4. The van der Waals surface area contributed by atoms with Gasteiger partial charge in [0.15, 0.2) is 5.58 Å². The summed E-state index contributed by atoms with van der Waals surface area (Å²) >= 11 is 4.70. The predicted octanol–water partition coefficient (Wildman–Crippen LogP) is 6.90. The van der Waals surface area contributed by atoms with Gasteiger partial charge >= 0.3 is 6.18 Å². The molecule has 0 fully saturated rings. The van der Waals surface area contributed by atoms with Gasteiger partial charge in [0, 0.05) is 27.9 Å². The topological polar surface area (TPSA) is 51.0 Å². The summed E-state index contributed by atoms with van der Waals surface area (Å²) in [6.07, 6.45) is -0.993. The highest BCUT2D eigenvalue weighted by Crippen LogP contribution is 2.36. The predicted molar refractivity (Wildman–Crippen MR) is 105 cm³/mol. The Morgan fingerprint density at radius 2 is 1.64 bits per heavy atom. The minimum absolute atomic E-state index is 0.115. The first-order valence-electron chi connectivity index (χ1n) is 8.01. The zero-order chi connectivity index (χ0) is 19.7. The molecule has 0 spiro atoms. The Hall–Kier alpha value is -2.52. The third kappa shape index (κ3) is 4.15. The second-order valence-electron chi connectivity index (χ2n) is 5.76. The van der Waals surface area contributed by atoms with Crippen LogP contribution in [-0.2, 0) is 6.18 Å². The first-order valence-corrected chi connectivity index (χ1v) is 9.62. The molecular weight excluding hydrogens is 455 g/mol. The monoisotopic (exact) mass is 465 g/mol. The molecule has 1 N–H and O–H groups in total. The molecule has 4 aromatic rings. The first kappa shape index (κ1) is 18.8. The fourth-order valence-corrected chi connectivity index (χ4v) is 3.81. The number of hydrogen-bond donors (Lipinski definition) is 1. The molecule has 142 valence electrons. The van der Waals surface area contributed by atoms with Crippen molar-refractivity contribution in [3.63, 3.8) is 0 Å². The van der Waals surface area contributed by atoms with E-state index >= 15 is 0 Å². The summed E-state index contributed by atoms with van der Waals surface area (Å²) in [5.74, 6) is 0. The minimum Gasteiger partial charge on any atom is -0.422 e. The van der Waals surface area contributed by atoms with Crippen molar-refractivity contribution in [2.75, 3.05) is 5.32 Å². The Bertz CT molecular complexity index is 1120. The molecule has 2 heterocycles. The molecule has 0 saturated heterocycles. The van der Waals surface area contributed by atoms with E-state index in [-0.39, 0.29) is 21.6 Å². The van der Waals surface area contributed by atoms with Crippen molar-refractivity contribution >= 4 is 50.5 Å². The fraction of sp³-hybridized carbons (Fsp3) is 0.0526. The lowest BCUT2D eigenvalue weighted by atomic mass is 10.2. The Morgan fingerprint density at radius 1 is 0.964 bits per heavy atom. The number of halogens is 4. The van der Waals surface area contributed by atoms with E-state index < -0.39 is 11.7 Å². The van der Waals surface area contributed by atoms with E-state index in [0.717, 1.165) is 21.9 Å². The Balaban J connectivity index is 1.54. The van der Waals surface area contributed by atoms with E-state index in [2.05, 4.69) is 31.2 Å². The van der Waals surface area contributed by atoms with Crippen LogP contribution in [0, 0.1) is 0 Å². The maximum atomic E-state index is 12.9. The Morgan fingerprint density at radius 3 is 2.32 bits per heavy atom. The van der Waals surface area contributed by atoms with Crippen molar-refractivity contribution in [1.29, 1.82) is 0 Å². The van der Waals surface area contributed by atoms with Crippen LogP contribution in [0.15, 0.2) is 79.6 Å². The average molecular weight is 466 g/mol. The summed E-state index contributed by atoms with van der Waals surface area (Å²) in [5.41, 5.74) is 0.288.